The van der Waals surface area contributed by atoms with Crippen LogP contribution in [0.4, 0.5) is 5.00 Å². The molecule has 0 saturated heterocycles. The molecule has 0 bridgehead atoms. The van der Waals surface area contributed by atoms with E-state index < -0.39 is 0 Å². The van der Waals surface area contributed by atoms with Crippen molar-refractivity contribution >= 4 is 45.9 Å². The molecule has 39 heavy (non-hydrogen) atoms. The Morgan fingerprint density at radius 3 is 2.74 bits per heavy atom. The highest BCUT2D eigenvalue weighted by molar-refractivity contribution is 7.99. The molecule has 2 aliphatic rings. The molecular formula is C27H33N5O5S2. The summed E-state index contributed by atoms with van der Waals surface area (Å²) in [7, 11) is 0. The number of esters is 1. The maximum atomic E-state index is 13.1. The first-order valence-electron chi connectivity index (χ1n) is 13.5. The minimum Gasteiger partial charge on any atom is -0.462 e. The fraction of sp³-hybridized carbons (Fsp3) is 0.519. The number of nitrogens with zero attached hydrogens (tertiary/aromatic N) is 3. The molecule has 0 atom stereocenters. The number of thioether (sulfide) groups is 1. The zero-order valence-electron chi connectivity index (χ0n) is 22.0. The molecule has 2 aliphatic carbocycles. The van der Waals surface area contributed by atoms with Gasteiger partial charge in [0.2, 0.25) is 5.91 Å². The van der Waals surface area contributed by atoms with E-state index in [1.807, 2.05) is 0 Å². The van der Waals surface area contributed by atoms with E-state index in [2.05, 4.69) is 25.4 Å². The fourth-order valence-electron chi connectivity index (χ4n) is 5.25. The molecule has 0 spiro atoms. The number of amides is 2. The first-order valence-corrected chi connectivity index (χ1v) is 15.3. The second kappa shape index (κ2) is 12.8. The van der Waals surface area contributed by atoms with Crippen LogP contribution >= 0.6 is 23.1 Å². The number of carbonyl (C=O) groups excluding carboxylic acids is 3. The molecule has 10 nitrogen and oxygen atoms in total. The van der Waals surface area contributed by atoms with Crippen molar-refractivity contribution in [3.63, 3.8) is 0 Å². The van der Waals surface area contributed by atoms with Crippen molar-refractivity contribution in [1.29, 1.82) is 0 Å². The number of anilines is 1. The Labute approximate surface area is 235 Å². The zero-order chi connectivity index (χ0) is 27.2. The van der Waals surface area contributed by atoms with Gasteiger partial charge in [-0.25, -0.2) is 4.79 Å². The van der Waals surface area contributed by atoms with Crippen LogP contribution in [-0.4, -0.2) is 44.9 Å². The van der Waals surface area contributed by atoms with E-state index in [9.17, 15) is 14.4 Å². The average Bonchev–Trinajstić information content (AvgIpc) is 3.70. The van der Waals surface area contributed by atoms with E-state index in [4.69, 9.17) is 9.15 Å². The molecule has 1 fully saturated rings. The smallest absolute Gasteiger partial charge is 0.341 e. The number of hydrogen-bond donors (Lipinski definition) is 2. The number of thiophene rings is 1. The van der Waals surface area contributed by atoms with Crippen LogP contribution in [0.5, 0.6) is 0 Å². The largest absolute Gasteiger partial charge is 0.462 e. The summed E-state index contributed by atoms with van der Waals surface area (Å²) >= 11 is 2.80. The maximum Gasteiger partial charge on any atom is 0.341 e. The summed E-state index contributed by atoms with van der Waals surface area (Å²) in [5.41, 5.74) is 1.53. The molecule has 2 N–H and O–H groups in total. The summed E-state index contributed by atoms with van der Waals surface area (Å²) in [5, 5.41) is 15.8. The van der Waals surface area contributed by atoms with Crippen molar-refractivity contribution < 1.29 is 23.5 Å². The van der Waals surface area contributed by atoms with Crippen LogP contribution in [0, 0.1) is 0 Å². The van der Waals surface area contributed by atoms with Gasteiger partial charge in [-0.05, 0) is 63.1 Å². The number of carbonyl (C=O) groups is 3. The molecule has 2 amide bonds. The van der Waals surface area contributed by atoms with E-state index in [-0.39, 0.29) is 48.5 Å². The summed E-state index contributed by atoms with van der Waals surface area (Å²) in [4.78, 5) is 39.4. The van der Waals surface area contributed by atoms with Crippen molar-refractivity contribution in [2.24, 2.45) is 0 Å². The molecule has 1 saturated carbocycles. The SMILES string of the molecule is CCOC(=O)c1c(NC(=O)CSc2nnc(CNC(=O)c3ccco3)n2C2CCCCC2)sc2c1CCCC2. The Kier molecular flexibility index (Phi) is 9.02. The number of furan rings is 1. The van der Waals surface area contributed by atoms with Gasteiger partial charge in [0.05, 0.1) is 30.7 Å². The summed E-state index contributed by atoms with van der Waals surface area (Å²) in [6.07, 6.45) is 10.7. The zero-order valence-corrected chi connectivity index (χ0v) is 23.6. The summed E-state index contributed by atoms with van der Waals surface area (Å²) in [6, 6.07) is 3.49. The number of rotatable bonds is 10. The Bertz CT molecular complexity index is 1310. The van der Waals surface area contributed by atoms with Gasteiger partial charge in [-0.1, -0.05) is 31.0 Å². The second-order valence-electron chi connectivity index (χ2n) is 9.69. The second-order valence-corrected chi connectivity index (χ2v) is 11.7. The van der Waals surface area contributed by atoms with Crippen molar-refractivity contribution in [3.05, 3.63) is 46.0 Å². The number of aryl methyl sites for hydroxylation is 1. The Morgan fingerprint density at radius 1 is 1.15 bits per heavy atom. The molecule has 12 heteroatoms. The number of ether oxygens (including phenoxy) is 1. The third kappa shape index (κ3) is 6.38. The third-order valence-corrected chi connectivity index (χ3v) is 9.21. The van der Waals surface area contributed by atoms with Gasteiger partial charge < -0.3 is 24.4 Å². The molecule has 0 unspecified atom stereocenters. The van der Waals surface area contributed by atoms with Gasteiger partial charge in [-0.3, -0.25) is 9.59 Å². The van der Waals surface area contributed by atoms with Crippen LogP contribution in [0.1, 0.15) is 95.1 Å². The van der Waals surface area contributed by atoms with Crippen LogP contribution in [0.15, 0.2) is 28.0 Å². The highest BCUT2D eigenvalue weighted by Gasteiger charge is 2.28. The molecule has 0 aliphatic heterocycles. The van der Waals surface area contributed by atoms with Crippen LogP contribution < -0.4 is 10.6 Å². The molecule has 208 valence electrons. The van der Waals surface area contributed by atoms with Gasteiger partial charge in [-0.2, -0.15) is 0 Å². The van der Waals surface area contributed by atoms with E-state index in [0.29, 0.717) is 21.5 Å². The van der Waals surface area contributed by atoms with Gasteiger partial charge in [0, 0.05) is 10.9 Å². The van der Waals surface area contributed by atoms with Crippen LogP contribution in [0.2, 0.25) is 0 Å². The first kappa shape index (κ1) is 27.4. The quantitative estimate of drug-likeness (QED) is 0.252. The van der Waals surface area contributed by atoms with Crippen LogP contribution in [0.3, 0.4) is 0 Å². The van der Waals surface area contributed by atoms with E-state index in [0.717, 1.165) is 61.8 Å². The predicted octanol–water partition coefficient (Wildman–Crippen LogP) is 5.15. The summed E-state index contributed by atoms with van der Waals surface area (Å²) in [5.74, 6) is 0.104. The van der Waals surface area contributed by atoms with E-state index in [1.54, 1.807) is 19.1 Å². The lowest BCUT2D eigenvalue weighted by molar-refractivity contribution is -0.113. The molecule has 3 aromatic rings. The standard InChI is InChI=1S/C27H33N5O5S2/c1-2-36-26(35)23-18-11-6-7-13-20(18)39-25(23)29-22(33)16-38-27-31-30-21(32(27)17-9-4-3-5-10-17)15-28-24(34)19-12-8-14-37-19/h8,12,14,17H,2-7,9-11,13,15-16H2,1H3,(H,28,34)(H,29,33). The van der Waals surface area contributed by atoms with Gasteiger partial charge in [0.25, 0.3) is 5.91 Å². The van der Waals surface area contributed by atoms with Gasteiger partial charge in [0.15, 0.2) is 16.7 Å². The lowest BCUT2D eigenvalue weighted by Crippen LogP contribution is -2.26. The Morgan fingerprint density at radius 2 is 1.97 bits per heavy atom. The molecule has 3 heterocycles. The van der Waals surface area contributed by atoms with Crippen LogP contribution in [0.25, 0.3) is 0 Å². The van der Waals surface area contributed by atoms with Crippen molar-refractivity contribution in [2.45, 2.75) is 82.5 Å². The highest BCUT2D eigenvalue weighted by atomic mass is 32.2. The molecular weight excluding hydrogens is 538 g/mol. The number of nitrogens with one attached hydrogen (secondary N) is 2. The number of hydrogen-bond acceptors (Lipinski definition) is 9. The maximum absolute atomic E-state index is 13.1. The minimum atomic E-state index is -0.377. The monoisotopic (exact) mass is 571 g/mol. The first-order chi connectivity index (χ1) is 19.0. The van der Waals surface area contributed by atoms with Crippen molar-refractivity contribution in [2.75, 3.05) is 17.7 Å². The van der Waals surface area contributed by atoms with Crippen molar-refractivity contribution in [1.82, 2.24) is 20.1 Å². The summed E-state index contributed by atoms with van der Waals surface area (Å²) < 4.78 is 12.6. The van der Waals surface area contributed by atoms with E-state index >= 15 is 0 Å². The highest BCUT2D eigenvalue weighted by Crippen LogP contribution is 2.39. The Balaban J connectivity index is 1.28. The van der Waals surface area contributed by atoms with Crippen LogP contribution in [-0.2, 0) is 28.9 Å². The summed E-state index contributed by atoms with van der Waals surface area (Å²) in [6.45, 7) is 2.28. The lowest BCUT2D eigenvalue weighted by Gasteiger charge is -2.25. The molecule has 5 rings (SSSR count). The Hall–Kier alpha value is -3.12. The third-order valence-electron chi connectivity index (χ3n) is 7.06. The fourth-order valence-corrected chi connectivity index (χ4v) is 7.37. The van der Waals surface area contributed by atoms with E-state index in [1.165, 1.54) is 35.8 Å². The average molecular weight is 572 g/mol. The molecule has 0 aromatic carbocycles. The number of aromatic nitrogens is 3. The van der Waals surface area contributed by atoms with Gasteiger partial charge in [-0.15, -0.1) is 21.5 Å². The lowest BCUT2D eigenvalue weighted by atomic mass is 9.95. The van der Waals surface area contributed by atoms with Gasteiger partial charge >= 0.3 is 5.97 Å². The normalized spacial score (nSPS) is 15.5. The predicted molar refractivity (Wildman–Crippen MR) is 148 cm³/mol. The molecule has 0 radical (unpaired) electrons. The molecule has 3 aromatic heterocycles. The van der Waals surface area contributed by atoms with Gasteiger partial charge in [0.1, 0.15) is 5.00 Å². The topological polar surface area (TPSA) is 128 Å². The number of fused-ring (bicyclic) bond motifs is 1. The minimum absolute atomic E-state index is 0.119. The van der Waals surface area contributed by atoms with Crippen molar-refractivity contribution in [3.8, 4) is 0 Å².